The maximum atomic E-state index is 12.3. The molecule has 0 radical (unpaired) electrons. The monoisotopic (exact) mass is 385 g/mol. The van der Waals surface area contributed by atoms with Crippen molar-refractivity contribution >= 4 is 57.3 Å². The number of halogens is 3. The smallest absolute Gasteiger partial charge is 0.288 e. The number of nitrogens with one attached hydrogen (secondary N) is 1. The van der Waals surface area contributed by atoms with Gasteiger partial charge in [0.15, 0.2) is 10.1 Å². The van der Waals surface area contributed by atoms with E-state index in [4.69, 9.17) is 11.6 Å². The van der Waals surface area contributed by atoms with Gasteiger partial charge in [-0.15, -0.1) is 11.3 Å². The normalized spacial score (nSPS) is 11.7. The van der Waals surface area contributed by atoms with Crippen molar-refractivity contribution in [1.82, 2.24) is 9.38 Å². The Bertz CT molecular complexity index is 890. The fraction of sp³-hybridized carbons (Fsp3) is 0.0667. The number of imidazole rings is 1. The quantitative estimate of drug-likeness (QED) is 0.495. The number of benzene rings is 1. The van der Waals surface area contributed by atoms with Crippen molar-refractivity contribution in [3.8, 4) is 0 Å². The lowest BCUT2D eigenvalue weighted by molar-refractivity contribution is -0.111. The van der Waals surface area contributed by atoms with Gasteiger partial charge < -0.3 is 5.32 Å². The first-order valence-electron chi connectivity index (χ1n) is 6.68. The Morgan fingerprint density at radius 2 is 2.12 bits per heavy atom. The second kappa shape index (κ2) is 7.33. The summed E-state index contributed by atoms with van der Waals surface area (Å²) in [5, 5.41) is 4.84. The van der Waals surface area contributed by atoms with Crippen molar-refractivity contribution in [3.63, 3.8) is 0 Å². The van der Waals surface area contributed by atoms with Crippen LogP contribution in [-0.2, 0) is 4.79 Å². The number of rotatable bonds is 5. The summed E-state index contributed by atoms with van der Waals surface area (Å²) in [4.78, 5) is 17.3. The Hall–Kier alpha value is -1.90. The summed E-state index contributed by atoms with van der Waals surface area (Å²) in [6.07, 6.45) is 4.73. The van der Waals surface area contributed by atoms with Gasteiger partial charge in [0, 0.05) is 28.2 Å². The molecule has 3 rings (SSSR count). The van der Waals surface area contributed by atoms with E-state index in [1.54, 1.807) is 22.6 Å². The Balaban J connectivity index is 1.67. The lowest BCUT2D eigenvalue weighted by Gasteiger charge is -2.04. The zero-order chi connectivity index (χ0) is 17.1. The van der Waals surface area contributed by atoms with E-state index in [2.05, 4.69) is 10.3 Å². The largest absolute Gasteiger partial charge is 0.323 e. The van der Waals surface area contributed by atoms with Gasteiger partial charge in [0.2, 0.25) is 5.91 Å². The number of hydrogen-bond donors (Lipinski definition) is 1. The van der Waals surface area contributed by atoms with Crippen LogP contribution in [0.2, 0.25) is 5.15 Å². The van der Waals surface area contributed by atoms with Crippen LogP contribution < -0.4 is 5.32 Å². The van der Waals surface area contributed by atoms with Crippen molar-refractivity contribution in [2.45, 2.75) is 10.7 Å². The van der Waals surface area contributed by atoms with E-state index in [9.17, 15) is 13.6 Å². The predicted molar refractivity (Wildman–Crippen MR) is 94.0 cm³/mol. The molecule has 0 aliphatic heterocycles. The van der Waals surface area contributed by atoms with E-state index in [1.807, 2.05) is 11.6 Å². The highest BCUT2D eigenvalue weighted by Gasteiger charge is 2.09. The number of carbonyl (C=O) groups excluding carboxylic acids is 1. The third-order valence-corrected chi connectivity index (χ3v) is 4.75. The van der Waals surface area contributed by atoms with Crippen molar-refractivity contribution < 1.29 is 13.6 Å². The van der Waals surface area contributed by atoms with Crippen LogP contribution in [0.25, 0.3) is 11.0 Å². The van der Waals surface area contributed by atoms with Gasteiger partial charge in [0.05, 0.1) is 5.69 Å². The standard InChI is InChI=1S/C15H10ClF2N3OS2/c16-13-11(21-7-8-23-15(21)20-13)5-6-12(22)19-9-1-3-10(4-2-9)24-14(17)18/h1-8,14H,(H,19,22). The molecule has 0 aliphatic carbocycles. The lowest BCUT2D eigenvalue weighted by Crippen LogP contribution is -2.07. The number of fused-ring (bicyclic) bond motifs is 1. The molecule has 0 saturated heterocycles. The second-order valence-corrected chi connectivity index (χ2v) is 6.86. The van der Waals surface area contributed by atoms with Gasteiger partial charge in [-0.05, 0) is 30.3 Å². The number of nitrogens with zero attached hydrogens (tertiary/aromatic N) is 2. The summed E-state index contributed by atoms with van der Waals surface area (Å²) in [7, 11) is 0. The maximum Gasteiger partial charge on any atom is 0.288 e. The number of aromatic nitrogens is 2. The van der Waals surface area contributed by atoms with Gasteiger partial charge >= 0.3 is 0 Å². The molecule has 0 saturated carbocycles. The summed E-state index contributed by atoms with van der Waals surface area (Å²) in [5.74, 6) is -2.83. The van der Waals surface area contributed by atoms with E-state index in [-0.39, 0.29) is 5.91 Å². The molecule has 2 heterocycles. The molecule has 0 aliphatic rings. The van der Waals surface area contributed by atoms with Crippen LogP contribution in [0.3, 0.4) is 0 Å². The molecule has 0 atom stereocenters. The summed E-state index contributed by atoms with van der Waals surface area (Å²) >= 11 is 7.94. The predicted octanol–water partition coefficient (Wildman–Crippen LogP) is 5.02. The van der Waals surface area contributed by atoms with Gasteiger partial charge in [-0.3, -0.25) is 9.20 Å². The Morgan fingerprint density at radius 1 is 1.38 bits per heavy atom. The van der Waals surface area contributed by atoms with Crippen LogP contribution in [0.15, 0.2) is 46.8 Å². The number of anilines is 1. The first-order valence-corrected chi connectivity index (χ1v) is 8.81. The molecule has 0 bridgehead atoms. The molecular formula is C15H10ClF2N3OS2. The molecule has 1 aromatic carbocycles. The summed E-state index contributed by atoms with van der Waals surface area (Å²) < 4.78 is 26.3. The average Bonchev–Trinajstić information content (AvgIpc) is 3.07. The third-order valence-electron chi connectivity index (χ3n) is 2.99. The molecule has 0 unspecified atom stereocenters. The Kier molecular flexibility index (Phi) is 5.17. The number of hydrogen-bond acceptors (Lipinski definition) is 4. The number of carbonyl (C=O) groups is 1. The molecule has 0 fully saturated rings. The highest BCUT2D eigenvalue weighted by molar-refractivity contribution is 7.99. The van der Waals surface area contributed by atoms with Crippen molar-refractivity contribution in [3.05, 3.63) is 52.8 Å². The topological polar surface area (TPSA) is 46.4 Å². The molecule has 1 N–H and O–H groups in total. The molecule has 1 amide bonds. The molecular weight excluding hydrogens is 376 g/mol. The first-order chi connectivity index (χ1) is 11.5. The maximum absolute atomic E-state index is 12.3. The fourth-order valence-electron chi connectivity index (χ4n) is 1.98. The molecule has 3 aromatic rings. The van der Waals surface area contributed by atoms with E-state index >= 15 is 0 Å². The van der Waals surface area contributed by atoms with Gasteiger partial charge in [-0.1, -0.05) is 23.4 Å². The van der Waals surface area contributed by atoms with Crippen LogP contribution in [-0.4, -0.2) is 21.0 Å². The molecule has 9 heteroatoms. The lowest BCUT2D eigenvalue weighted by atomic mass is 10.3. The fourth-order valence-corrected chi connectivity index (χ4v) is 3.49. The minimum atomic E-state index is -2.47. The van der Waals surface area contributed by atoms with Gasteiger partial charge in [0.1, 0.15) is 0 Å². The van der Waals surface area contributed by atoms with Crippen molar-refractivity contribution in [2.24, 2.45) is 0 Å². The van der Waals surface area contributed by atoms with Crippen LogP contribution in [0.1, 0.15) is 5.69 Å². The van der Waals surface area contributed by atoms with Crippen LogP contribution >= 0.6 is 34.7 Å². The van der Waals surface area contributed by atoms with Gasteiger partial charge in [0.25, 0.3) is 5.76 Å². The van der Waals surface area contributed by atoms with Gasteiger partial charge in [-0.25, -0.2) is 4.98 Å². The Labute approximate surface area is 149 Å². The van der Waals surface area contributed by atoms with Crippen LogP contribution in [0.5, 0.6) is 0 Å². The molecule has 0 spiro atoms. The van der Waals surface area contributed by atoms with Crippen LogP contribution in [0.4, 0.5) is 14.5 Å². The minimum absolute atomic E-state index is 0.319. The third kappa shape index (κ3) is 3.95. The summed E-state index contributed by atoms with van der Waals surface area (Å²) in [6, 6.07) is 6.19. The highest BCUT2D eigenvalue weighted by atomic mass is 35.5. The molecule has 4 nitrogen and oxygen atoms in total. The van der Waals surface area contributed by atoms with Crippen molar-refractivity contribution in [1.29, 1.82) is 0 Å². The SMILES string of the molecule is O=C(C=Cc1c(Cl)nc2sccn12)Nc1ccc(SC(F)F)cc1. The van der Waals surface area contributed by atoms with E-state index in [1.165, 1.54) is 29.5 Å². The zero-order valence-corrected chi connectivity index (χ0v) is 14.3. The van der Waals surface area contributed by atoms with Crippen LogP contribution in [0, 0.1) is 0 Å². The average molecular weight is 386 g/mol. The minimum Gasteiger partial charge on any atom is -0.323 e. The van der Waals surface area contributed by atoms with E-state index < -0.39 is 5.76 Å². The van der Waals surface area contributed by atoms with Gasteiger partial charge in [-0.2, -0.15) is 8.78 Å². The van der Waals surface area contributed by atoms with E-state index in [0.717, 1.165) is 4.96 Å². The molecule has 124 valence electrons. The number of amides is 1. The number of alkyl halides is 2. The van der Waals surface area contributed by atoms with Crippen molar-refractivity contribution in [2.75, 3.05) is 5.32 Å². The zero-order valence-electron chi connectivity index (χ0n) is 11.9. The highest BCUT2D eigenvalue weighted by Crippen LogP contribution is 2.26. The summed E-state index contributed by atoms with van der Waals surface area (Å²) in [6.45, 7) is 0. The summed E-state index contributed by atoms with van der Waals surface area (Å²) in [5.41, 5.74) is 1.13. The van der Waals surface area contributed by atoms with E-state index in [0.29, 0.717) is 33.2 Å². The first kappa shape index (κ1) is 16.9. The number of thiazole rings is 1. The second-order valence-electron chi connectivity index (χ2n) is 4.57. The Morgan fingerprint density at radius 3 is 2.83 bits per heavy atom. The molecule has 24 heavy (non-hydrogen) atoms. The number of thioether (sulfide) groups is 1. The molecule has 2 aromatic heterocycles.